The smallest absolute Gasteiger partial charge is 0.369 e. The number of carbonyl (C=O) groups excluding carboxylic acids is 2. The van der Waals surface area contributed by atoms with Gasteiger partial charge in [-0.15, -0.1) is 0 Å². The van der Waals surface area contributed by atoms with Gasteiger partial charge in [-0.05, 0) is 18.1 Å². The van der Waals surface area contributed by atoms with E-state index in [1.54, 1.807) is 0 Å². The molecule has 0 aromatic heterocycles. The van der Waals surface area contributed by atoms with Gasteiger partial charge in [-0.1, -0.05) is 18.2 Å². The number of nitrogens with two attached hydrogens (primary N) is 1. The third-order valence-corrected chi connectivity index (χ3v) is 2.32. The Morgan fingerprint density at radius 1 is 1.26 bits per heavy atom. The third kappa shape index (κ3) is 5.41. The molecule has 0 saturated carbocycles. The van der Waals surface area contributed by atoms with E-state index in [1.807, 2.05) is 0 Å². The zero-order valence-corrected chi connectivity index (χ0v) is 9.96. The average Bonchev–Trinajstić information content (AvgIpc) is 2.27. The van der Waals surface area contributed by atoms with Crippen LogP contribution in [-0.2, 0) is 22.2 Å². The molecule has 0 aliphatic heterocycles. The zero-order chi connectivity index (χ0) is 14.5. The lowest BCUT2D eigenvalue weighted by Crippen LogP contribution is -2.29. The minimum Gasteiger partial charge on any atom is -0.369 e. The van der Waals surface area contributed by atoms with Crippen molar-refractivity contribution in [3.8, 4) is 0 Å². The van der Waals surface area contributed by atoms with Crippen LogP contribution < -0.4 is 11.1 Å². The van der Waals surface area contributed by atoms with Crippen molar-refractivity contribution in [3.05, 3.63) is 35.4 Å². The highest BCUT2D eigenvalue weighted by molar-refractivity contribution is 5.95. The number of halogens is 3. The van der Waals surface area contributed by atoms with Crippen LogP contribution in [0.15, 0.2) is 24.3 Å². The summed E-state index contributed by atoms with van der Waals surface area (Å²) in [5.41, 5.74) is 4.54. The first kappa shape index (κ1) is 15.0. The molecule has 0 saturated heterocycles. The van der Waals surface area contributed by atoms with Crippen LogP contribution >= 0.6 is 0 Å². The Balaban J connectivity index is 2.50. The van der Waals surface area contributed by atoms with Crippen molar-refractivity contribution >= 4 is 11.8 Å². The Labute approximate surface area is 107 Å². The van der Waals surface area contributed by atoms with Crippen LogP contribution in [0.25, 0.3) is 0 Å². The molecule has 2 amide bonds. The van der Waals surface area contributed by atoms with Gasteiger partial charge < -0.3 is 11.1 Å². The third-order valence-electron chi connectivity index (χ3n) is 2.32. The molecule has 0 spiro atoms. The van der Waals surface area contributed by atoms with E-state index in [9.17, 15) is 22.8 Å². The number of hydrogen-bond acceptors (Lipinski definition) is 2. The van der Waals surface area contributed by atoms with Gasteiger partial charge in [-0.2, -0.15) is 13.2 Å². The summed E-state index contributed by atoms with van der Waals surface area (Å²) in [6.45, 7) is 0.146. The van der Waals surface area contributed by atoms with Gasteiger partial charge in [0.05, 0.1) is 5.56 Å². The van der Waals surface area contributed by atoms with E-state index in [0.29, 0.717) is 5.56 Å². The van der Waals surface area contributed by atoms with E-state index in [0.717, 1.165) is 12.1 Å². The highest BCUT2D eigenvalue weighted by atomic mass is 19.4. The van der Waals surface area contributed by atoms with Crippen molar-refractivity contribution in [3.63, 3.8) is 0 Å². The quantitative estimate of drug-likeness (QED) is 0.793. The van der Waals surface area contributed by atoms with Gasteiger partial charge in [-0.25, -0.2) is 0 Å². The maximum Gasteiger partial charge on any atom is 0.416 e. The highest BCUT2D eigenvalue weighted by Crippen LogP contribution is 2.29. The summed E-state index contributed by atoms with van der Waals surface area (Å²) in [7, 11) is 0. The van der Waals surface area contributed by atoms with Crippen molar-refractivity contribution in [1.82, 2.24) is 5.32 Å². The maximum absolute atomic E-state index is 12.4. The Bertz CT molecular complexity index is 472. The Kier molecular flexibility index (Phi) is 4.91. The Hall–Kier alpha value is -2.05. The topological polar surface area (TPSA) is 72.2 Å². The molecule has 1 rings (SSSR count). The minimum atomic E-state index is -4.38. The van der Waals surface area contributed by atoms with E-state index < -0.39 is 30.0 Å². The summed E-state index contributed by atoms with van der Waals surface area (Å²) in [6, 6.07) is 4.86. The second-order valence-electron chi connectivity index (χ2n) is 3.94. The normalized spacial score (nSPS) is 11.1. The van der Waals surface area contributed by atoms with E-state index in [1.165, 1.54) is 12.1 Å². The van der Waals surface area contributed by atoms with Gasteiger partial charge in [0.1, 0.15) is 6.42 Å². The van der Waals surface area contributed by atoms with Crippen LogP contribution in [0.3, 0.4) is 0 Å². The fraction of sp³-hybridized carbons (Fsp3) is 0.333. The van der Waals surface area contributed by atoms with Gasteiger partial charge in [0.15, 0.2) is 0 Å². The largest absolute Gasteiger partial charge is 0.416 e. The highest BCUT2D eigenvalue weighted by Gasteiger charge is 2.30. The zero-order valence-electron chi connectivity index (χ0n) is 9.96. The van der Waals surface area contributed by atoms with Gasteiger partial charge in [0.25, 0.3) is 0 Å². The maximum atomic E-state index is 12.4. The van der Waals surface area contributed by atoms with E-state index in [4.69, 9.17) is 5.73 Å². The molecular formula is C12H13F3N2O2. The monoisotopic (exact) mass is 274 g/mol. The van der Waals surface area contributed by atoms with E-state index >= 15 is 0 Å². The predicted molar refractivity (Wildman–Crippen MR) is 62.0 cm³/mol. The first-order valence-corrected chi connectivity index (χ1v) is 5.50. The lowest BCUT2D eigenvalue weighted by atomic mass is 10.1. The lowest BCUT2D eigenvalue weighted by molar-refractivity contribution is -0.137. The number of primary amides is 1. The van der Waals surface area contributed by atoms with Crippen molar-refractivity contribution in [2.75, 3.05) is 6.54 Å². The summed E-state index contributed by atoms with van der Waals surface area (Å²) in [5, 5.41) is 2.40. The number of amides is 2. The van der Waals surface area contributed by atoms with Crippen molar-refractivity contribution < 1.29 is 22.8 Å². The van der Waals surface area contributed by atoms with Crippen molar-refractivity contribution in [2.24, 2.45) is 5.73 Å². The fourth-order valence-corrected chi connectivity index (χ4v) is 1.47. The molecule has 1 aromatic carbocycles. The average molecular weight is 274 g/mol. The van der Waals surface area contributed by atoms with Crippen LogP contribution in [0.5, 0.6) is 0 Å². The van der Waals surface area contributed by atoms with Crippen molar-refractivity contribution in [1.29, 1.82) is 0 Å². The molecule has 1 aromatic rings. The van der Waals surface area contributed by atoms with Crippen LogP contribution in [0, 0.1) is 0 Å². The molecule has 4 nitrogen and oxygen atoms in total. The summed E-state index contributed by atoms with van der Waals surface area (Å²) in [5.74, 6) is -1.30. The first-order chi connectivity index (χ1) is 8.79. The molecule has 0 fully saturated rings. The molecule has 0 heterocycles. The lowest BCUT2D eigenvalue weighted by Gasteiger charge is -2.09. The van der Waals surface area contributed by atoms with E-state index in [2.05, 4.69) is 5.32 Å². The standard InChI is InChI=1S/C12H13F3N2O2/c13-12(14,15)9-3-1-2-8(6-9)4-5-17-11(19)7-10(16)18/h1-3,6H,4-5,7H2,(H2,16,18)(H,17,19). The molecule has 19 heavy (non-hydrogen) atoms. The molecule has 0 bridgehead atoms. The number of benzene rings is 1. The summed E-state index contributed by atoms with van der Waals surface area (Å²) in [4.78, 5) is 21.5. The molecule has 3 N–H and O–H groups in total. The van der Waals surface area contributed by atoms with Crippen LogP contribution in [0.2, 0.25) is 0 Å². The second kappa shape index (κ2) is 6.21. The Morgan fingerprint density at radius 2 is 1.95 bits per heavy atom. The number of nitrogens with one attached hydrogen (secondary N) is 1. The van der Waals surface area contributed by atoms with Crippen LogP contribution in [-0.4, -0.2) is 18.4 Å². The Morgan fingerprint density at radius 3 is 2.53 bits per heavy atom. The number of alkyl halides is 3. The SMILES string of the molecule is NC(=O)CC(=O)NCCc1cccc(C(F)(F)F)c1. The summed E-state index contributed by atoms with van der Waals surface area (Å²) < 4.78 is 37.3. The molecule has 104 valence electrons. The van der Waals surface area contributed by atoms with Gasteiger partial charge in [-0.3, -0.25) is 9.59 Å². The van der Waals surface area contributed by atoms with Crippen molar-refractivity contribution in [2.45, 2.75) is 19.0 Å². The van der Waals surface area contributed by atoms with E-state index in [-0.39, 0.29) is 13.0 Å². The summed E-state index contributed by atoms with van der Waals surface area (Å²) in [6.07, 6.45) is -4.57. The molecule has 0 unspecified atom stereocenters. The van der Waals surface area contributed by atoms with Gasteiger partial charge in [0, 0.05) is 6.54 Å². The van der Waals surface area contributed by atoms with Gasteiger partial charge >= 0.3 is 6.18 Å². The second-order valence-corrected chi connectivity index (χ2v) is 3.94. The molecular weight excluding hydrogens is 261 g/mol. The molecule has 0 aliphatic carbocycles. The fourth-order valence-electron chi connectivity index (χ4n) is 1.47. The van der Waals surface area contributed by atoms with Crippen LogP contribution in [0.4, 0.5) is 13.2 Å². The van der Waals surface area contributed by atoms with Gasteiger partial charge in [0.2, 0.25) is 11.8 Å². The number of carbonyl (C=O) groups is 2. The first-order valence-electron chi connectivity index (χ1n) is 5.50. The molecule has 0 radical (unpaired) electrons. The predicted octanol–water partition coefficient (Wildman–Crippen LogP) is 1.24. The molecule has 0 atom stereocenters. The molecule has 7 heteroatoms. The molecule has 0 aliphatic rings. The number of rotatable bonds is 5. The minimum absolute atomic E-state index is 0.146. The van der Waals surface area contributed by atoms with Crippen LogP contribution in [0.1, 0.15) is 17.5 Å². The summed E-state index contributed by atoms with van der Waals surface area (Å²) >= 11 is 0. The number of hydrogen-bond donors (Lipinski definition) is 2.